The van der Waals surface area contributed by atoms with E-state index in [1.54, 1.807) is 30.0 Å². The molecule has 21 heavy (non-hydrogen) atoms. The van der Waals surface area contributed by atoms with Gasteiger partial charge in [-0.3, -0.25) is 10.1 Å². The number of carboxylic acid groups (broad SMARTS) is 1. The number of aliphatic carboxylic acids is 1. The molecule has 0 aromatic carbocycles. The lowest BCUT2D eigenvalue weighted by Crippen LogP contribution is -2.52. The van der Waals surface area contributed by atoms with E-state index in [9.17, 15) is 9.90 Å². The average Bonchev–Trinajstić information content (AvgIpc) is 2.82. The van der Waals surface area contributed by atoms with E-state index in [0.29, 0.717) is 6.42 Å². The summed E-state index contributed by atoms with van der Waals surface area (Å²) in [5.41, 5.74) is -0.870. The van der Waals surface area contributed by atoms with Gasteiger partial charge in [0.25, 0.3) is 0 Å². The molecular weight excluding hydrogens is 308 g/mol. The highest BCUT2D eigenvalue weighted by atomic mass is 32.2. The summed E-state index contributed by atoms with van der Waals surface area (Å²) in [5.74, 6) is 0.0389. The molecule has 1 heterocycles. The topological polar surface area (TPSA) is 78.4 Å². The van der Waals surface area contributed by atoms with Crippen LogP contribution in [-0.4, -0.2) is 52.7 Å². The fourth-order valence-electron chi connectivity index (χ4n) is 1.90. The van der Waals surface area contributed by atoms with Crippen LogP contribution in [-0.2, 0) is 4.79 Å². The number of hydrogen-bond acceptors (Lipinski definition) is 7. The van der Waals surface area contributed by atoms with Crippen molar-refractivity contribution >= 4 is 34.2 Å². The summed E-state index contributed by atoms with van der Waals surface area (Å²) in [4.78, 5) is 13.3. The van der Waals surface area contributed by atoms with Crippen molar-refractivity contribution < 1.29 is 9.90 Å². The quantitative estimate of drug-likeness (QED) is 0.531. The second-order valence-electron chi connectivity index (χ2n) is 5.63. The van der Waals surface area contributed by atoms with E-state index in [1.165, 1.54) is 0 Å². The first-order valence-electron chi connectivity index (χ1n) is 6.89. The monoisotopic (exact) mass is 332 g/mol. The fourth-order valence-corrected chi connectivity index (χ4v) is 3.68. The zero-order valence-electron chi connectivity index (χ0n) is 13.2. The second kappa shape index (κ2) is 7.95. The van der Waals surface area contributed by atoms with Gasteiger partial charge in [-0.2, -0.15) is 0 Å². The van der Waals surface area contributed by atoms with Gasteiger partial charge in [0, 0.05) is 25.9 Å². The van der Waals surface area contributed by atoms with Gasteiger partial charge in [-0.1, -0.05) is 23.1 Å². The zero-order chi connectivity index (χ0) is 16.0. The van der Waals surface area contributed by atoms with Crippen LogP contribution < -0.4 is 10.2 Å². The van der Waals surface area contributed by atoms with Gasteiger partial charge in [0.2, 0.25) is 5.13 Å². The lowest BCUT2D eigenvalue weighted by Gasteiger charge is -2.28. The maximum atomic E-state index is 11.4. The van der Waals surface area contributed by atoms with Crippen LogP contribution in [0.4, 0.5) is 5.13 Å². The van der Waals surface area contributed by atoms with Crippen LogP contribution in [0.3, 0.4) is 0 Å². The van der Waals surface area contributed by atoms with Crippen molar-refractivity contribution in [3.8, 4) is 0 Å². The Labute approximate surface area is 134 Å². The number of carboxylic acids is 1. The van der Waals surface area contributed by atoms with Gasteiger partial charge in [-0.25, -0.2) is 0 Å². The maximum absolute atomic E-state index is 11.4. The SMILES string of the molecule is CC(C)NC(C)(CCCSc1nnc(N(C)C)s1)C(=O)O. The molecule has 0 spiro atoms. The predicted molar refractivity (Wildman–Crippen MR) is 88.5 cm³/mol. The second-order valence-corrected chi connectivity index (χ2v) is 7.93. The summed E-state index contributed by atoms with van der Waals surface area (Å²) in [7, 11) is 3.87. The van der Waals surface area contributed by atoms with Crippen LogP contribution >= 0.6 is 23.1 Å². The number of hydrogen-bond donors (Lipinski definition) is 2. The zero-order valence-corrected chi connectivity index (χ0v) is 14.8. The minimum Gasteiger partial charge on any atom is -0.480 e. The third-order valence-corrected chi connectivity index (χ3v) is 5.21. The first kappa shape index (κ1) is 18.2. The number of nitrogens with one attached hydrogen (secondary N) is 1. The lowest BCUT2D eigenvalue weighted by molar-refractivity contribution is -0.144. The molecule has 0 saturated carbocycles. The number of aromatic nitrogens is 2. The summed E-state index contributed by atoms with van der Waals surface area (Å²) in [5, 5.41) is 21.6. The fraction of sp³-hybridized carbons (Fsp3) is 0.769. The standard InChI is InChI=1S/C13H24N4O2S2/c1-9(2)14-13(3,10(18)19)7-6-8-20-12-16-15-11(21-12)17(4)5/h9,14H,6-8H2,1-5H3,(H,18,19). The van der Waals surface area contributed by atoms with Crippen LogP contribution in [0.15, 0.2) is 4.34 Å². The molecule has 1 atom stereocenters. The number of thioether (sulfide) groups is 1. The van der Waals surface area contributed by atoms with E-state index in [1.807, 2.05) is 32.8 Å². The Balaban J connectivity index is 2.42. The minimum absolute atomic E-state index is 0.143. The Kier molecular flexibility index (Phi) is 6.89. The van der Waals surface area contributed by atoms with Crippen molar-refractivity contribution in [3.05, 3.63) is 0 Å². The van der Waals surface area contributed by atoms with E-state index in [4.69, 9.17) is 0 Å². The molecule has 0 aliphatic rings. The molecule has 1 aromatic rings. The number of rotatable bonds is 9. The highest BCUT2D eigenvalue weighted by Crippen LogP contribution is 2.28. The summed E-state index contributed by atoms with van der Waals surface area (Å²) >= 11 is 3.18. The predicted octanol–water partition coefficient (Wildman–Crippen LogP) is 2.32. The van der Waals surface area contributed by atoms with Crippen molar-refractivity contribution in [3.63, 3.8) is 0 Å². The van der Waals surface area contributed by atoms with E-state index in [-0.39, 0.29) is 6.04 Å². The normalized spacial score (nSPS) is 14.2. The van der Waals surface area contributed by atoms with E-state index in [0.717, 1.165) is 21.6 Å². The Morgan fingerprint density at radius 2 is 2.14 bits per heavy atom. The molecule has 0 saturated heterocycles. The molecule has 0 aliphatic carbocycles. The molecule has 2 N–H and O–H groups in total. The van der Waals surface area contributed by atoms with E-state index < -0.39 is 11.5 Å². The smallest absolute Gasteiger partial charge is 0.323 e. The highest BCUT2D eigenvalue weighted by Gasteiger charge is 2.32. The molecule has 1 unspecified atom stereocenters. The lowest BCUT2D eigenvalue weighted by atomic mass is 9.95. The van der Waals surface area contributed by atoms with Crippen LogP contribution in [0.25, 0.3) is 0 Å². The van der Waals surface area contributed by atoms with Crippen molar-refractivity contribution in [2.24, 2.45) is 0 Å². The minimum atomic E-state index is -0.870. The van der Waals surface area contributed by atoms with Gasteiger partial charge in [0.1, 0.15) is 5.54 Å². The number of carbonyl (C=O) groups is 1. The molecule has 6 nitrogen and oxygen atoms in total. The molecule has 0 bridgehead atoms. The molecule has 0 radical (unpaired) electrons. The van der Waals surface area contributed by atoms with Gasteiger partial charge < -0.3 is 10.0 Å². The Morgan fingerprint density at radius 1 is 1.48 bits per heavy atom. The number of nitrogens with zero attached hydrogens (tertiary/aromatic N) is 3. The van der Waals surface area contributed by atoms with Gasteiger partial charge in [0.05, 0.1) is 0 Å². The summed E-state index contributed by atoms with van der Waals surface area (Å²) in [6.45, 7) is 5.66. The van der Waals surface area contributed by atoms with Crippen LogP contribution in [0.5, 0.6) is 0 Å². The summed E-state index contributed by atoms with van der Waals surface area (Å²) in [6, 6.07) is 0.143. The van der Waals surface area contributed by atoms with Crippen LogP contribution in [0, 0.1) is 0 Å². The highest BCUT2D eigenvalue weighted by molar-refractivity contribution is 8.01. The third kappa shape index (κ3) is 5.80. The van der Waals surface area contributed by atoms with Gasteiger partial charge in [-0.05, 0) is 33.6 Å². The van der Waals surface area contributed by atoms with Crippen molar-refractivity contribution in [2.45, 2.75) is 49.5 Å². The first-order valence-corrected chi connectivity index (χ1v) is 8.69. The van der Waals surface area contributed by atoms with Crippen LogP contribution in [0.2, 0.25) is 0 Å². The molecular formula is C13H24N4O2S2. The maximum Gasteiger partial charge on any atom is 0.323 e. The van der Waals surface area contributed by atoms with E-state index >= 15 is 0 Å². The first-order chi connectivity index (χ1) is 9.74. The Hall–Kier alpha value is -0.860. The molecule has 120 valence electrons. The van der Waals surface area contributed by atoms with Gasteiger partial charge >= 0.3 is 5.97 Å². The molecule has 8 heteroatoms. The molecule has 1 rings (SSSR count). The van der Waals surface area contributed by atoms with Crippen molar-refractivity contribution in [1.82, 2.24) is 15.5 Å². The Morgan fingerprint density at radius 3 is 2.62 bits per heavy atom. The molecule has 0 fully saturated rings. The van der Waals surface area contributed by atoms with Gasteiger partial charge in [0.15, 0.2) is 4.34 Å². The summed E-state index contributed by atoms with van der Waals surface area (Å²) < 4.78 is 0.924. The molecule has 0 aliphatic heterocycles. The van der Waals surface area contributed by atoms with Gasteiger partial charge in [-0.15, -0.1) is 10.2 Å². The van der Waals surface area contributed by atoms with Crippen LogP contribution in [0.1, 0.15) is 33.6 Å². The third-order valence-electron chi connectivity index (χ3n) is 2.90. The Bertz CT molecular complexity index is 465. The van der Waals surface area contributed by atoms with Crippen molar-refractivity contribution in [1.29, 1.82) is 0 Å². The van der Waals surface area contributed by atoms with E-state index in [2.05, 4.69) is 15.5 Å². The molecule has 0 amide bonds. The largest absolute Gasteiger partial charge is 0.480 e. The number of anilines is 1. The summed E-state index contributed by atoms with van der Waals surface area (Å²) in [6.07, 6.45) is 1.40. The molecule has 1 aromatic heterocycles. The average molecular weight is 332 g/mol. The van der Waals surface area contributed by atoms with Crippen molar-refractivity contribution in [2.75, 3.05) is 24.7 Å².